The Labute approximate surface area is 84.6 Å². The first-order chi connectivity index (χ1) is 6.63. The van der Waals surface area contributed by atoms with Gasteiger partial charge in [-0.1, -0.05) is 20.3 Å². The van der Waals surface area contributed by atoms with Gasteiger partial charge in [0.05, 0.1) is 5.69 Å². The SMILES string of the molecule is CCCC(C)Cn1ccc(=O)c(N)c1. The summed E-state index contributed by atoms with van der Waals surface area (Å²) in [7, 11) is 0. The second-order valence-corrected chi connectivity index (χ2v) is 3.86. The van der Waals surface area contributed by atoms with E-state index in [4.69, 9.17) is 5.73 Å². The number of hydrogen-bond acceptors (Lipinski definition) is 2. The summed E-state index contributed by atoms with van der Waals surface area (Å²) >= 11 is 0. The summed E-state index contributed by atoms with van der Waals surface area (Å²) < 4.78 is 1.98. The van der Waals surface area contributed by atoms with Crippen LogP contribution in [0.3, 0.4) is 0 Å². The van der Waals surface area contributed by atoms with E-state index in [9.17, 15) is 4.79 Å². The number of rotatable bonds is 4. The zero-order chi connectivity index (χ0) is 10.6. The molecule has 0 saturated heterocycles. The first-order valence-corrected chi connectivity index (χ1v) is 5.09. The third-order valence-electron chi connectivity index (χ3n) is 2.31. The Morgan fingerprint density at radius 1 is 1.57 bits per heavy atom. The zero-order valence-corrected chi connectivity index (χ0v) is 8.86. The Hall–Kier alpha value is -1.25. The van der Waals surface area contributed by atoms with E-state index in [1.165, 1.54) is 18.9 Å². The van der Waals surface area contributed by atoms with Crippen molar-refractivity contribution in [2.24, 2.45) is 5.92 Å². The van der Waals surface area contributed by atoms with Gasteiger partial charge in [-0.2, -0.15) is 0 Å². The minimum Gasteiger partial charge on any atom is -0.394 e. The molecule has 2 N–H and O–H groups in total. The number of nitrogen functional groups attached to an aromatic ring is 1. The highest BCUT2D eigenvalue weighted by molar-refractivity contribution is 5.33. The van der Waals surface area contributed by atoms with E-state index < -0.39 is 0 Å². The quantitative estimate of drug-likeness (QED) is 0.795. The fourth-order valence-electron chi connectivity index (χ4n) is 1.60. The first-order valence-electron chi connectivity index (χ1n) is 5.09. The molecule has 1 heterocycles. The van der Waals surface area contributed by atoms with E-state index >= 15 is 0 Å². The molecule has 0 aliphatic rings. The molecule has 0 aliphatic heterocycles. The second kappa shape index (κ2) is 4.84. The van der Waals surface area contributed by atoms with Gasteiger partial charge in [0.15, 0.2) is 0 Å². The molecule has 0 aliphatic carbocycles. The highest BCUT2D eigenvalue weighted by Gasteiger charge is 2.01. The summed E-state index contributed by atoms with van der Waals surface area (Å²) in [5.41, 5.74) is 5.77. The van der Waals surface area contributed by atoms with Crippen LogP contribution >= 0.6 is 0 Å². The van der Waals surface area contributed by atoms with Gasteiger partial charge in [0, 0.05) is 25.0 Å². The van der Waals surface area contributed by atoms with E-state index in [-0.39, 0.29) is 5.43 Å². The standard InChI is InChI=1S/C11H18N2O/c1-3-4-9(2)7-13-6-5-11(14)10(12)8-13/h5-6,8-9H,3-4,7,12H2,1-2H3. The third-order valence-corrected chi connectivity index (χ3v) is 2.31. The van der Waals surface area contributed by atoms with Gasteiger partial charge in [-0.25, -0.2) is 0 Å². The molecular formula is C11H18N2O. The van der Waals surface area contributed by atoms with Crippen LogP contribution in [0.4, 0.5) is 5.69 Å². The fourth-order valence-corrected chi connectivity index (χ4v) is 1.60. The molecule has 0 amide bonds. The monoisotopic (exact) mass is 194 g/mol. The average Bonchev–Trinajstić information content (AvgIpc) is 2.12. The van der Waals surface area contributed by atoms with E-state index in [2.05, 4.69) is 13.8 Å². The summed E-state index contributed by atoms with van der Waals surface area (Å²) in [5.74, 6) is 0.627. The Bertz CT molecular complexity index is 343. The van der Waals surface area contributed by atoms with Crippen LogP contribution in [0.25, 0.3) is 0 Å². The average molecular weight is 194 g/mol. The van der Waals surface area contributed by atoms with Crippen molar-refractivity contribution in [2.45, 2.75) is 33.2 Å². The van der Waals surface area contributed by atoms with Gasteiger partial charge in [0.2, 0.25) is 5.43 Å². The van der Waals surface area contributed by atoms with Crippen LogP contribution in [0.5, 0.6) is 0 Å². The Morgan fingerprint density at radius 3 is 2.86 bits per heavy atom. The lowest BCUT2D eigenvalue weighted by Crippen LogP contribution is -2.13. The normalized spacial score (nSPS) is 12.7. The van der Waals surface area contributed by atoms with Crippen molar-refractivity contribution in [1.29, 1.82) is 0 Å². The number of hydrogen-bond donors (Lipinski definition) is 1. The van der Waals surface area contributed by atoms with Crippen molar-refractivity contribution < 1.29 is 0 Å². The molecule has 78 valence electrons. The second-order valence-electron chi connectivity index (χ2n) is 3.86. The smallest absolute Gasteiger partial charge is 0.204 e. The molecule has 1 rings (SSSR count). The zero-order valence-electron chi connectivity index (χ0n) is 8.86. The molecule has 1 aromatic heterocycles. The molecule has 1 unspecified atom stereocenters. The maximum absolute atomic E-state index is 11.0. The molecule has 1 aromatic rings. The van der Waals surface area contributed by atoms with E-state index in [1.54, 1.807) is 12.4 Å². The van der Waals surface area contributed by atoms with Crippen molar-refractivity contribution >= 4 is 5.69 Å². The Kier molecular flexibility index (Phi) is 3.74. The Morgan fingerprint density at radius 2 is 2.29 bits per heavy atom. The van der Waals surface area contributed by atoms with Gasteiger partial charge in [-0.15, -0.1) is 0 Å². The highest BCUT2D eigenvalue weighted by atomic mass is 16.1. The summed E-state index contributed by atoms with van der Waals surface area (Å²) in [6, 6.07) is 1.52. The molecule has 0 saturated carbocycles. The maximum atomic E-state index is 11.0. The highest BCUT2D eigenvalue weighted by Crippen LogP contribution is 2.08. The number of anilines is 1. The topological polar surface area (TPSA) is 48.0 Å². The van der Waals surface area contributed by atoms with Crippen LogP contribution in [0.2, 0.25) is 0 Å². The number of nitrogens with two attached hydrogens (primary N) is 1. The van der Waals surface area contributed by atoms with Crippen molar-refractivity contribution in [1.82, 2.24) is 4.57 Å². The molecule has 14 heavy (non-hydrogen) atoms. The minimum atomic E-state index is -0.0932. The Balaban J connectivity index is 2.68. The van der Waals surface area contributed by atoms with E-state index in [0.717, 1.165) is 6.54 Å². The fraction of sp³-hybridized carbons (Fsp3) is 0.545. The molecular weight excluding hydrogens is 176 g/mol. The van der Waals surface area contributed by atoms with Crippen molar-refractivity contribution in [3.63, 3.8) is 0 Å². The van der Waals surface area contributed by atoms with Crippen molar-refractivity contribution in [3.05, 3.63) is 28.7 Å². The minimum absolute atomic E-state index is 0.0932. The van der Waals surface area contributed by atoms with Gasteiger partial charge in [0.1, 0.15) is 0 Å². The lowest BCUT2D eigenvalue weighted by molar-refractivity contribution is 0.445. The summed E-state index contributed by atoms with van der Waals surface area (Å²) in [6.45, 7) is 5.31. The van der Waals surface area contributed by atoms with Crippen LogP contribution in [0.15, 0.2) is 23.3 Å². The van der Waals surface area contributed by atoms with Crippen molar-refractivity contribution in [2.75, 3.05) is 5.73 Å². The predicted molar refractivity (Wildman–Crippen MR) is 59.2 cm³/mol. The number of aromatic nitrogens is 1. The lowest BCUT2D eigenvalue weighted by Gasteiger charge is -2.12. The third kappa shape index (κ3) is 2.91. The molecule has 3 heteroatoms. The first kappa shape index (κ1) is 10.8. The summed E-state index contributed by atoms with van der Waals surface area (Å²) in [5, 5.41) is 0. The molecule has 0 radical (unpaired) electrons. The van der Waals surface area contributed by atoms with Crippen LogP contribution in [-0.4, -0.2) is 4.57 Å². The van der Waals surface area contributed by atoms with Gasteiger partial charge in [-0.3, -0.25) is 4.79 Å². The van der Waals surface area contributed by atoms with Gasteiger partial charge in [-0.05, 0) is 12.3 Å². The number of nitrogens with zero attached hydrogens (tertiary/aromatic N) is 1. The number of pyridine rings is 1. The summed E-state index contributed by atoms with van der Waals surface area (Å²) in [4.78, 5) is 11.0. The molecule has 1 atom stereocenters. The molecule has 0 aromatic carbocycles. The molecule has 3 nitrogen and oxygen atoms in total. The van der Waals surface area contributed by atoms with E-state index in [1.807, 2.05) is 4.57 Å². The van der Waals surface area contributed by atoms with E-state index in [0.29, 0.717) is 11.6 Å². The molecule has 0 spiro atoms. The van der Waals surface area contributed by atoms with Gasteiger partial charge >= 0.3 is 0 Å². The molecule has 0 bridgehead atoms. The van der Waals surface area contributed by atoms with Gasteiger partial charge in [0.25, 0.3) is 0 Å². The summed E-state index contributed by atoms with van der Waals surface area (Å²) in [6.07, 6.45) is 5.90. The van der Waals surface area contributed by atoms with Crippen LogP contribution < -0.4 is 11.2 Å². The predicted octanol–water partition coefficient (Wildman–Crippen LogP) is 1.87. The lowest BCUT2D eigenvalue weighted by atomic mass is 10.1. The van der Waals surface area contributed by atoms with Crippen LogP contribution in [-0.2, 0) is 6.54 Å². The van der Waals surface area contributed by atoms with Gasteiger partial charge < -0.3 is 10.3 Å². The largest absolute Gasteiger partial charge is 0.394 e. The molecule has 0 fully saturated rings. The van der Waals surface area contributed by atoms with Crippen LogP contribution in [0.1, 0.15) is 26.7 Å². The maximum Gasteiger partial charge on any atom is 0.204 e. The van der Waals surface area contributed by atoms with Crippen molar-refractivity contribution in [3.8, 4) is 0 Å². The van der Waals surface area contributed by atoms with Crippen LogP contribution in [0, 0.1) is 5.92 Å².